The van der Waals surface area contributed by atoms with Gasteiger partial charge in [0.05, 0.1) is 23.9 Å². The monoisotopic (exact) mass is 440 g/mol. The molecule has 1 amide bonds. The molecule has 11 heteroatoms. The van der Waals surface area contributed by atoms with Gasteiger partial charge in [-0.3, -0.25) is 4.79 Å². The summed E-state index contributed by atoms with van der Waals surface area (Å²) in [5, 5.41) is 12.0. The molecule has 0 unspecified atom stereocenters. The summed E-state index contributed by atoms with van der Waals surface area (Å²) < 4.78 is 50.6. The summed E-state index contributed by atoms with van der Waals surface area (Å²) in [6.45, 7) is 0. The average Bonchev–Trinajstić information content (AvgIpc) is 3.13. The number of aromatic nitrogens is 2. The molecule has 2 aromatic carbocycles. The number of halogens is 3. The molecule has 3 aromatic rings. The van der Waals surface area contributed by atoms with Crippen molar-refractivity contribution in [2.45, 2.75) is 17.7 Å². The molecule has 0 bridgehead atoms. The second-order valence-electron chi connectivity index (χ2n) is 6.06. The molecule has 7 nitrogen and oxygen atoms in total. The first-order valence-corrected chi connectivity index (χ1v) is 10.1. The SMILES string of the molecule is NS(=O)(=O)c1cc(NC(=O)Cc2ccccc2Cl)ccc1-n1cc(C(F)F)cn1. The van der Waals surface area contributed by atoms with Crippen molar-refractivity contribution in [3.05, 3.63) is 71.0 Å². The van der Waals surface area contributed by atoms with Gasteiger partial charge in [-0.1, -0.05) is 29.8 Å². The Bertz CT molecular complexity index is 1170. The second kappa shape index (κ2) is 8.27. The Morgan fingerprint density at radius 2 is 1.97 bits per heavy atom. The van der Waals surface area contributed by atoms with Crippen LogP contribution in [0.15, 0.2) is 59.8 Å². The Labute approximate surface area is 170 Å². The summed E-state index contributed by atoms with van der Waals surface area (Å²) in [5.41, 5.74) is 0.369. The number of nitrogens with zero attached hydrogens (tertiary/aromatic N) is 2. The Balaban J connectivity index is 1.89. The fourth-order valence-corrected chi connectivity index (χ4v) is 3.56. The minimum absolute atomic E-state index is 0.0245. The van der Waals surface area contributed by atoms with E-state index in [4.69, 9.17) is 16.7 Å². The summed E-state index contributed by atoms with van der Waals surface area (Å²) in [6.07, 6.45) is -0.852. The number of nitrogens with one attached hydrogen (secondary N) is 1. The standard InChI is InChI=1S/C18H15ClF2N4O3S/c19-14-4-2-1-3-11(14)7-17(26)24-13-5-6-15(16(8-13)29(22,27)28)25-10-12(9-23-25)18(20)21/h1-6,8-10,18H,7H2,(H,24,26)(H2,22,27,28). The molecular formula is C18H15ClF2N4O3S. The van der Waals surface area contributed by atoms with Crippen molar-refractivity contribution in [3.8, 4) is 5.69 Å². The van der Waals surface area contributed by atoms with Crippen molar-refractivity contribution < 1.29 is 22.0 Å². The maximum Gasteiger partial charge on any atom is 0.266 e. The van der Waals surface area contributed by atoms with Crippen molar-refractivity contribution in [3.63, 3.8) is 0 Å². The van der Waals surface area contributed by atoms with Crippen molar-refractivity contribution >= 4 is 33.2 Å². The van der Waals surface area contributed by atoms with Crippen LogP contribution in [0.2, 0.25) is 5.02 Å². The zero-order chi connectivity index (χ0) is 21.2. The van der Waals surface area contributed by atoms with Crippen molar-refractivity contribution in [1.29, 1.82) is 0 Å². The van der Waals surface area contributed by atoms with E-state index in [1.807, 2.05) is 0 Å². The summed E-state index contributed by atoms with van der Waals surface area (Å²) in [4.78, 5) is 11.9. The lowest BCUT2D eigenvalue weighted by atomic mass is 10.1. The van der Waals surface area contributed by atoms with Crippen molar-refractivity contribution in [2.75, 3.05) is 5.32 Å². The molecule has 0 fully saturated rings. The van der Waals surface area contributed by atoms with Gasteiger partial charge in [0, 0.05) is 16.9 Å². The number of rotatable bonds is 6. The molecule has 3 N–H and O–H groups in total. The van der Waals surface area contributed by atoms with Gasteiger partial charge in [0.1, 0.15) is 4.90 Å². The average molecular weight is 441 g/mol. The smallest absolute Gasteiger partial charge is 0.266 e. The van der Waals surface area contributed by atoms with E-state index >= 15 is 0 Å². The molecule has 3 rings (SSSR count). The first-order chi connectivity index (χ1) is 13.6. The molecule has 0 saturated carbocycles. The minimum atomic E-state index is -4.24. The highest BCUT2D eigenvalue weighted by atomic mass is 35.5. The van der Waals surface area contributed by atoms with Gasteiger partial charge in [-0.25, -0.2) is 27.0 Å². The van der Waals surface area contributed by atoms with Gasteiger partial charge in [0.25, 0.3) is 6.43 Å². The maximum atomic E-state index is 12.8. The van der Waals surface area contributed by atoms with E-state index < -0.39 is 22.4 Å². The highest BCUT2D eigenvalue weighted by Crippen LogP contribution is 2.26. The largest absolute Gasteiger partial charge is 0.326 e. The number of benzene rings is 2. The molecule has 29 heavy (non-hydrogen) atoms. The lowest BCUT2D eigenvalue weighted by Crippen LogP contribution is -2.18. The van der Waals surface area contributed by atoms with E-state index in [9.17, 15) is 22.0 Å². The lowest BCUT2D eigenvalue weighted by molar-refractivity contribution is -0.115. The van der Waals surface area contributed by atoms with E-state index in [1.165, 1.54) is 12.1 Å². The molecule has 1 aromatic heterocycles. The third-order valence-corrected chi connectivity index (χ3v) is 5.27. The van der Waals surface area contributed by atoms with E-state index in [-0.39, 0.29) is 28.3 Å². The van der Waals surface area contributed by atoms with Gasteiger partial charge in [0.2, 0.25) is 15.9 Å². The number of sulfonamides is 1. The van der Waals surface area contributed by atoms with Crippen LogP contribution in [0.4, 0.5) is 14.5 Å². The van der Waals surface area contributed by atoms with Gasteiger partial charge in [-0.2, -0.15) is 5.10 Å². The van der Waals surface area contributed by atoms with E-state index in [0.717, 1.165) is 23.1 Å². The van der Waals surface area contributed by atoms with Gasteiger partial charge >= 0.3 is 0 Å². The molecule has 0 spiro atoms. The summed E-state index contributed by atoms with van der Waals surface area (Å²) in [6, 6.07) is 10.7. The molecule has 0 radical (unpaired) electrons. The topological polar surface area (TPSA) is 107 Å². The number of hydrogen-bond donors (Lipinski definition) is 2. The van der Waals surface area contributed by atoms with Gasteiger partial charge in [-0.05, 0) is 29.8 Å². The van der Waals surface area contributed by atoms with Crippen LogP contribution in [0.5, 0.6) is 0 Å². The predicted octanol–water partition coefficient (Wildman–Crippen LogP) is 3.29. The molecule has 0 aliphatic carbocycles. The molecule has 0 atom stereocenters. The first kappa shape index (κ1) is 20.9. The maximum absolute atomic E-state index is 12.8. The van der Waals surface area contributed by atoms with Gasteiger partial charge in [0.15, 0.2) is 0 Å². The molecule has 0 aliphatic rings. The van der Waals surface area contributed by atoms with E-state index in [1.54, 1.807) is 24.3 Å². The Morgan fingerprint density at radius 3 is 2.59 bits per heavy atom. The fourth-order valence-electron chi connectivity index (χ4n) is 2.61. The van der Waals surface area contributed by atoms with Crippen LogP contribution in [0.1, 0.15) is 17.6 Å². The Hall–Kier alpha value is -2.82. The van der Waals surface area contributed by atoms with Crippen LogP contribution in [-0.4, -0.2) is 24.1 Å². The predicted molar refractivity (Wildman–Crippen MR) is 104 cm³/mol. The van der Waals surface area contributed by atoms with Gasteiger partial charge < -0.3 is 5.32 Å². The van der Waals surface area contributed by atoms with Gasteiger partial charge in [-0.15, -0.1) is 0 Å². The number of carbonyl (C=O) groups excluding carboxylic acids is 1. The van der Waals surface area contributed by atoms with Crippen LogP contribution in [-0.2, 0) is 21.2 Å². The Morgan fingerprint density at radius 1 is 1.24 bits per heavy atom. The van der Waals surface area contributed by atoms with Crippen LogP contribution < -0.4 is 10.5 Å². The number of nitrogens with two attached hydrogens (primary N) is 1. The highest BCUT2D eigenvalue weighted by molar-refractivity contribution is 7.89. The fraction of sp³-hybridized carbons (Fsp3) is 0.111. The summed E-state index contributed by atoms with van der Waals surface area (Å²) in [5.74, 6) is -0.426. The molecule has 0 saturated heterocycles. The summed E-state index contributed by atoms with van der Waals surface area (Å²) in [7, 11) is -4.24. The zero-order valence-corrected chi connectivity index (χ0v) is 16.3. The number of hydrogen-bond acceptors (Lipinski definition) is 4. The number of primary sulfonamides is 1. The zero-order valence-electron chi connectivity index (χ0n) is 14.7. The molecule has 152 valence electrons. The molecule has 0 aliphatic heterocycles. The first-order valence-electron chi connectivity index (χ1n) is 8.18. The van der Waals surface area contributed by atoms with Crippen LogP contribution in [0, 0.1) is 0 Å². The van der Waals surface area contributed by atoms with Crippen molar-refractivity contribution in [1.82, 2.24) is 9.78 Å². The van der Waals surface area contributed by atoms with Crippen LogP contribution in [0.25, 0.3) is 5.69 Å². The Kier molecular flexibility index (Phi) is 5.96. The lowest BCUT2D eigenvalue weighted by Gasteiger charge is -2.12. The third-order valence-electron chi connectivity index (χ3n) is 3.96. The van der Waals surface area contributed by atoms with Crippen LogP contribution >= 0.6 is 11.6 Å². The van der Waals surface area contributed by atoms with Crippen LogP contribution in [0.3, 0.4) is 0 Å². The van der Waals surface area contributed by atoms with E-state index in [0.29, 0.717) is 10.6 Å². The number of anilines is 1. The summed E-state index contributed by atoms with van der Waals surface area (Å²) >= 11 is 6.03. The number of amides is 1. The quantitative estimate of drug-likeness (QED) is 0.613. The second-order valence-corrected chi connectivity index (χ2v) is 8.00. The number of carbonyl (C=O) groups is 1. The normalized spacial score (nSPS) is 11.6. The molecule has 1 heterocycles. The van der Waals surface area contributed by atoms with Crippen molar-refractivity contribution in [2.24, 2.45) is 5.14 Å². The molecular weight excluding hydrogens is 426 g/mol. The third kappa shape index (κ3) is 4.97. The highest BCUT2D eigenvalue weighted by Gasteiger charge is 2.19. The minimum Gasteiger partial charge on any atom is -0.326 e. The van der Waals surface area contributed by atoms with E-state index in [2.05, 4.69) is 10.4 Å². The number of alkyl halides is 2.